The van der Waals surface area contributed by atoms with E-state index >= 15 is 0 Å². The van der Waals surface area contributed by atoms with E-state index in [0.29, 0.717) is 11.3 Å². The number of sulfonamides is 1. The molecule has 2 rings (SSSR count). The largest absolute Gasteiger partial charge is 0.550 e. The summed E-state index contributed by atoms with van der Waals surface area (Å²) >= 11 is 0. The van der Waals surface area contributed by atoms with Crippen LogP contribution in [0.4, 0.5) is 5.69 Å². The van der Waals surface area contributed by atoms with Crippen LogP contribution in [0.2, 0.25) is 0 Å². The zero-order valence-corrected chi connectivity index (χ0v) is 13.4. The van der Waals surface area contributed by atoms with Crippen molar-refractivity contribution in [3.8, 4) is 0 Å². The van der Waals surface area contributed by atoms with Gasteiger partial charge in [-0.3, -0.25) is 9.52 Å². The van der Waals surface area contributed by atoms with Gasteiger partial charge in [0.2, 0.25) is 5.91 Å². The Kier molecular flexibility index (Phi) is 5.20. The summed E-state index contributed by atoms with van der Waals surface area (Å²) in [5.41, 5.74) is 6.39. The molecule has 2 aromatic rings. The highest BCUT2D eigenvalue weighted by Gasteiger charge is 2.14. The van der Waals surface area contributed by atoms with Crippen LogP contribution in [-0.2, 0) is 21.2 Å². The number of rotatable bonds is 7. The minimum Gasteiger partial charge on any atom is -0.550 e. The number of carbonyl (C=O) groups excluding carboxylic acids is 2. The van der Waals surface area contributed by atoms with E-state index in [1.54, 1.807) is 12.1 Å². The molecular formula is C16H15N2O5S-. The van der Waals surface area contributed by atoms with Gasteiger partial charge in [0.05, 0.1) is 4.90 Å². The lowest BCUT2D eigenvalue weighted by atomic mass is 10.1. The molecule has 3 N–H and O–H groups in total. The predicted molar refractivity (Wildman–Crippen MR) is 85.5 cm³/mol. The van der Waals surface area contributed by atoms with E-state index in [1.165, 1.54) is 36.4 Å². The molecule has 0 spiro atoms. The highest BCUT2D eigenvalue weighted by atomic mass is 32.2. The van der Waals surface area contributed by atoms with Crippen LogP contribution in [0, 0.1) is 0 Å². The first-order valence-electron chi connectivity index (χ1n) is 6.99. The summed E-state index contributed by atoms with van der Waals surface area (Å²) in [6.45, 7) is 0. The molecule has 1 amide bonds. The summed E-state index contributed by atoms with van der Waals surface area (Å²) in [6, 6.07) is 11.6. The summed E-state index contributed by atoms with van der Waals surface area (Å²) in [4.78, 5) is 21.5. The van der Waals surface area contributed by atoms with Gasteiger partial charge in [-0.25, -0.2) is 8.42 Å². The number of aryl methyl sites for hydroxylation is 1. The smallest absolute Gasteiger partial charge is 0.261 e. The van der Waals surface area contributed by atoms with Gasteiger partial charge in [-0.05, 0) is 54.8 Å². The summed E-state index contributed by atoms with van der Waals surface area (Å²) in [6.07, 6.45) is 0.140. The second-order valence-electron chi connectivity index (χ2n) is 5.06. The molecule has 0 aliphatic carbocycles. The van der Waals surface area contributed by atoms with Crippen LogP contribution in [-0.4, -0.2) is 20.3 Å². The molecule has 7 nitrogen and oxygen atoms in total. The zero-order chi connectivity index (χ0) is 17.7. The molecule has 2 aromatic carbocycles. The fourth-order valence-corrected chi connectivity index (χ4v) is 3.06. The molecule has 0 saturated carbocycles. The average molecular weight is 347 g/mol. The lowest BCUT2D eigenvalue weighted by Crippen LogP contribution is -2.22. The third kappa shape index (κ3) is 4.56. The van der Waals surface area contributed by atoms with Crippen molar-refractivity contribution in [1.82, 2.24) is 0 Å². The second-order valence-corrected chi connectivity index (χ2v) is 6.75. The Balaban J connectivity index is 2.12. The van der Waals surface area contributed by atoms with Crippen molar-refractivity contribution in [2.24, 2.45) is 5.73 Å². The van der Waals surface area contributed by atoms with Gasteiger partial charge in [-0.2, -0.15) is 0 Å². The van der Waals surface area contributed by atoms with Crippen molar-refractivity contribution in [2.45, 2.75) is 17.7 Å². The number of anilines is 1. The normalized spacial score (nSPS) is 11.0. The van der Waals surface area contributed by atoms with Gasteiger partial charge >= 0.3 is 0 Å². The number of hydrogen-bond donors (Lipinski definition) is 2. The number of aliphatic carboxylic acids is 1. The van der Waals surface area contributed by atoms with Gasteiger partial charge in [0.1, 0.15) is 0 Å². The Labute approximate surface area is 139 Å². The van der Waals surface area contributed by atoms with E-state index in [2.05, 4.69) is 4.72 Å². The molecular weight excluding hydrogens is 332 g/mol. The summed E-state index contributed by atoms with van der Waals surface area (Å²) in [7, 11) is -3.79. The molecule has 0 radical (unpaired) electrons. The standard InChI is InChI=1S/C16H16N2O5S/c17-16(21)12-4-6-13(7-5-12)18-24(22,23)14-8-1-11(2-9-14)3-10-15(19)20/h1-2,4-9,18H,3,10H2,(H2,17,21)(H,19,20)/p-1. The molecule has 8 heteroatoms. The molecule has 0 unspecified atom stereocenters. The minimum absolute atomic E-state index is 0.0404. The number of carbonyl (C=O) groups is 2. The molecule has 0 aliphatic heterocycles. The number of nitrogens with one attached hydrogen (secondary N) is 1. The van der Waals surface area contributed by atoms with Gasteiger partial charge in [0.25, 0.3) is 10.0 Å². The third-order valence-corrected chi connectivity index (χ3v) is 4.67. The first-order chi connectivity index (χ1) is 11.3. The van der Waals surface area contributed by atoms with Crippen molar-refractivity contribution in [3.05, 3.63) is 59.7 Å². The molecule has 0 atom stereocenters. The topological polar surface area (TPSA) is 129 Å². The predicted octanol–water partition coefficient (Wildman–Crippen LogP) is 0.269. The third-order valence-electron chi connectivity index (χ3n) is 3.27. The Morgan fingerprint density at radius 3 is 2.08 bits per heavy atom. The Morgan fingerprint density at radius 1 is 1.00 bits per heavy atom. The first-order valence-corrected chi connectivity index (χ1v) is 8.48. The van der Waals surface area contributed by atoms with Crippen LogP contribution in [0.15, 0.2) is 53.4 Å². The summed E-state index contributed by atoms with van der Waals surface area (Å²) < 4.78 is 27.0. The Morgan fingerprint density at radius 2 is 1.58 bits per heavy atom. The highest BCUT2D eigenvalue weighted by molar-refractivity contribution is 7.92. The summed E-state index contributed by atoms with van der Waals surface area (Å²) in [5.74, 6) is -1.76. The first kappa shape index (κ1) is 17.5. The van der Waals surface area contributed by atoms with Crippen molar-refractivity contribution in [3.63, 3.8) is 0 Å². The molecule has 0 aliphatic rings. The maximum atomic E-state index is 12.3. The number of primary amides is 1. The van der Waals surface area contributed by atoms with Crippen molar-refractivity contribution in [2.75, 3.05) is 4.72 Å². The van der Waals surface area contributed by atoms with Crippen LogP contribution >= 0.6 is 0 Å². The van der Waals surface area contributed by atoms with E-state index in [1.807, 2.05) is 0 Å². The lowest BCUT2D eigenvalue weighted by Gasteiger charge is -2.09. The quantitative estimate of drug-likeness (QED) is 0.742. The van der Waals surface area contributed by atoms with Crippen molar-refractivity contribution >= 4 is 27.6 Å². The van der Waals surface area contributed by atoms with Gasteiger partial charge < -0.3 is 15.6 Å². The minimum atomic E-state index is -3.79. The number of benzene rings is 2. The van der Waals surface area contributed by atoms with Crippen molar-refractivity contribution in [1.29, 1.82) is 0 Å². The number of carboxylic acid groups (broad SMARTS) is 1. The van der Waals surface area contributed by atoms with E-state index in [-0.39, 0.29) is 23.3 Å². The van der Waals surface area contributed by atoms with E-state index in [0.717, 1.165) is 0 Å². The number of amides is 1. The van der Waals surface area contributed by atoms with E-state index < -0.39 is 21.9 Å². The van der Waals surface area contributed by atoms with Crippen LogP contribution < -0.4 is 15.6 Å². The highest BCUT2D eigenvalue weighted by Crippen LogP contribution is 2.17. The van der Waals surface area contributed by atoms with E-state index in [4.69, 9.17) is 5.73 Å². The fraction of sp³-hybridized carbons (Fsp3) is 0.125. The molecule has 126 valence electrons. The number of carboxylic acids is 1. The molecule has 24 heavy (non-hydrogen) atoms. The number of nitrogens with two attached hydrogens (primary N) is 1. The molecule has 0 fully saturated rings. The second kappa shape index (κ2) is 7.14. The van der Waals surface area contributed by atoms with Crippen molar-refractivity contribution < 1.29 is 23.1 Å². The van der Waals surface area contributed by atoms with E-state index in [9.17, 15) is 23.1 Å². The maximum absolute atomic E-state index is 12.3. The van der Waals surface area contributed by atoms with Crippen LogP contribution in [0.3, 0.4) is 0 Å². The van der Waals surface area contributed by atoms with Gasteiger partial charge in [0, 0.05) is 17.2 Å². The van der Waals surface area contributed by atoms with Crippen LogP contribution in [0.5, 0.6) is 0 Å². The monoisotopic (exact) mass is 347 g/mol. The van der Waals surface area contributed by atoms with Crippen LogP contribution in [0.1, 0.15) is 22.3 Å². The Hall–Kier alpha value is -2.87. The molecule has 0 saturated heterocycles. The van der Waals surface area contributed by atoms with Gasteiger partial charge in [0.15, 0.2) is 0 Å². The zero-order valence-electron chi connectivity index (χ0n) is 12.6. The summed E-state index contributed by atoms with van der Waals surface area (Å²) in [5, 5.41) is 10.4. The number of hydrogen-bond acceptors (Lipinski definition) is 5. The SMILES string of the molecule is NC(=O)c1ccc(NS(=O)(=O)c2ccc(CCC(=O)[O-])cc2)cc1. The lowest BCUT2D eigenvalue weighted by molar-refractivity contribution is -0.305. The molecule has 0 aromatic heterocycles. The molecule has 0 bridgehead atoms. The van der Waals surface area contributed by atoms with Gasteiger partial charge in [-0.1, -0.05) is 12.1 Å². The fourth-order valence-electron chi connectivity index (χ4n) is 2.00. The Bertz CT molecular complexity index is 843. The maximum Gasteiger partial charge on any atom is 0.261 e. The van der Waals surface area contributed by atoms with Crippen LogP contribution in [0.25, 0.3) is 0 Å². The molecule has 0 heterocycles. The average Bonchev–Trinajstić information content (AvgIpc) is 2.53. The van der Waals surface area contributed by atoms with Gasteiger partial charge in [-0.15, -0.1) is 0 Å².